The van der Waals surface area contributed by atoms with Crippen molar-refractivity contribution < 1.29 is 9.53 Å². The van der Waals surface area contributed by atoms with Gasteiger partial charge in [0.05, 0.1) is 25.7 Å². The van der Waals surface area contributed by atoms with Gasteiger partial charge in [0, 0.05) is 6.04 Å². The topological polar surface area (TPSA) is 50.4 Å². The molecule has 1 fully saturated rings. The van der Waals surface area contributed by atoms with Crippen molar-refractivity contribution in [3.8, 4) is 11.8 Å². The molecule has 0 saturated carbocycles. The Morgan fingerprint density at radius 2 is 2.31 bits per heavy atom. The van der Waals surface area contributed by atoms with Gasteiger partial charge in [0.25, 0.3) is 0 Å². The highest BCUT2D eigenvalue weighted by Gasteiger charge is 2.33. The summed E-state index contributed by atoms with van der Waals surface area (Å²) in [4.78, 5) is 11.8. The van der Waals surface area contributed by atoms with Crippen molar-refractivity contribution in [1.29, 1.82) is 0 Å². The maximum atomic E-state index is 11.8. The second-order valence-corrected chi connectivity index (χ2v) is 3.85. The number of hydrogen-bond acceptors (Lipinski definition) is 3. The van der Waals surface area contributed by atoms with Crippen molar-refractivity contribution in [3.63, 3.8) is 0 Å². The molecule has 1 amide bonds. The Kier molecular flexibility index (Phi) is 5.91. The van der Waals surface area contributed by atoms with Crippen LogP contribution in [0.4, 0.5) is 0 Å². The lowest BCUT2D eigenvalue weighted by molar-refractivity contribution is -0.125. The number of ether oxygens (including phenoxy) is 1. The first-order chi connectivity index (χ1) is 7.79. The molecule has 1 rings (SSSR count). The summed E-state index contributed by atoms with van der Waals surface area (Å²) in [6.45, 7) is 6.34. The molecule has 1 aliphatic rings. The van der Waals surface area contributed by atoms with Crippen LogP contribution in [-0.2, 0) is 9.53 Å². The van der Waals surface area contributed by atoms with Crippen LogP contribution >= 0.6 is 0 Å². The highest BCUT2D eigenvalue weighted by atomic mass is 16.5. The van der Waals surface area contributed by atoms with Gasteiger partial charge in [-0.15, -0.1) is 5.92 Å². The molecule has 0 aromatic rings. The molecule has 4 heteroatoms. The Bertz CT molecular complexity index is 280. The summed E-state index contributed by atoms with van der Waals surface area (Å²) in [7, 11) is 0. The van der Waals surface area contributed by atoms with Gasteiger partial charge in [0.15, 0.2) is 0 Å². The molecule has 0 aromatic heterocycles. The second kappa shape index (κ2) is 7.26. The summed E-state index contributed by atoms with van der Waals surface area (Å²) in [6, 6.07) is 0.148. The Hall–Kier alpha value is -1.05. The van der Waals surface area contributed by atoms with Gasteiger partial charge in [-0.3, -0.25) is 4.79 Å². The van der Waals surface area contributed by atoms with Gasteiger partial charge in [0.1, 0.15) is 0 Å². The number of hydrogen-bond donors (Lipinski definition) is 2. The Morgan fingerprint density at radius 3 is 3.00 bits per heavy atom. The van der Waals surface area contributed by atoms with E-state index in [1.54, 1.807) is 6.92 Å². The number of rotatable bonds is 5. The molecule has 0 bridgehead atoms. The third-order valence-corrected chi connectivity index (χ3v) is 2.60. The van der Waals surface area contributed by atoms with E-state index in [2.05, 4.69) is 29.4 Å². The van der Waals surface area contributed by atoms with Crippen LogP contribution < -0.4 is 10.6 Å². The maximum absolute atomic E-state index is 11.8. The number of amides is 1. The molecule has 4 nitrogen and oxygen atoms in total. The van der Waals surface area contributed by atoms with Gasteiger partial charge < -0.3 is 15.4 Å². The quantitative estimate of drug-likeness (QED) is 0.653. The standard InChI is InChI=1S/C12H20N2O2/c1-3-5-7-14-12(15)10-8-16-9-11(10)13-6-4-2/h10-11,13H,4,6-9H2,1-2H3,(H,14,15). The van der Waals surface area contributed by atoms with Gasteiger partial charge >= 0.3 is 0 Å². The van der Waals surface area contributed by atoms with Crippen molar-refractivity contribution in [1.82, 2.24) is 10.6 Å². The largest absolute Gasteiger partial charge is 0.379 e. The Balaban J connectivity index is 2.36. The number of carbonyl (C=O) groups is 1. The fourth-order valence-corrected chi connectivity index (χ4v) is 1.69. The summed E-state index contributed by atoms with van der Waals surface area (Å²) in [5.74, 6) is 5.52. The van der Waals surface area contributed by atoms with Crippen molar-refractivity contribution in [3.05, 3.63) is 0 Å². The van der Waals surface area contributed by atoms with Crippen LogP contribution in [0.5, 0.6) is 0 Å². The average Bonchev–Trinajstić information content (AvgIpc) is 2.74. The number of carbonyl (C=O) groups excluding carboxylic acids is 1. The lowest BCUT2D eigenvalue weighted by atomic mass is 10.0. The smallest absolute Gasteiger partial charge is 0.227 e. The first-order valence-corrected chi connectivity index (χ1v) is 5.78. The van der Waals surface area contributed by atoms with Gasteiger partial charge in [-0.2, -0.15) is 0 Å². The molecule has 0 aromatic carbocycles. The van der Waals surface area contributed by atoms with Crippen LogP contribution in [0.15, 0.2) is 0 Å². The van der Waals surface area contributed by atoms with Crippen molar-refractivity contribution in [2.45, 2.75) is 26.3 Å². The number of nitrogens with one attached hydrogen (secondary N) is 2. The van der Waals surface area contributed by atoms with Crippen LogP contribution in [-0.4, -0.2) is 38.3 Å². The fraction of sp³-hybridized carbons (Fsp3) is 0.750. The lowest BCUT2D eigenvalue weighted by Gasteiger charge is -2.17. The van der Waals surface area contributed by atoms with Gasteiger partial charge in [0.2, 0.25) is 5.91 Å². The summed E-state index contributed by atoms with van der Waals surface area (Å²) in [5.41, 5.74) is 0. The zero-order valence-corrected chi connectivity index (χ0v) is 10.0. The SMILES string of the molecule is CC#CCNC(=O)C1COCC1NCCC. The lowest BCUT2D eigenvalue weighted by Crippen LogP contribution is -2.44. The minimum Gasteiger partial charge on any atom is -0.379 e. The summed E-state index contributed by atoms with van der Waals surface area (Å²) in [6.07, 6.45) is 1.06. The third kappa shape index (κ3) is 3.84. The molecule has 2 N–H and O–H groups in total. The van der Waals surface area contributed by atoms with E-state index in [-0.39, 0.29) is 17.9 Å². The molecule has 1 aliphatic heterocycles. The highest BCUT2D eigenvalue weighted by molar-refractivity contribution is 5.80. The third-order valence-electron chi connectivity index (χ3n) is 2.60. The molecule has 1 heterocycles. The zero-order valence-electron chi connectivity index (χ0n) is 10.0. The van der Waals surface area contributed by atoms with Crippen molar-refractivity contribution >= 4 is 5.91 Å². The average molecular weight is 224 g/mol. The van der Waals surface area contributed by atoms with E-state index in [0.717, 1.165) is 13.0 Å². The van der Waals surface area contributed by atoms with E-state index in [1.165, 1.54) is 0 Å². The molecular formula is C12H20N2O2. The molecular weight excluding hydrogens is 204 g/mol. The van der Waals surface area contributed by atoms with Gasteiger partial charge in [-0.05, 0) is 19.9 Å². The summed E-state index contributed by atoms with van der Waals surface area (Å²) < 4.78 is 5.33. The van der Waals surface area contributed by atoms with Crippen LogP contribution in [0.3, 0.4) is 0 Å². The molecule has 2 atom stereocenters. The molecule has 0 spiro atoms. The molecule has 0 aliphatic carbocycles. The molecule has 90 valence electrons. The first-order valence-electron chi connectivity index (χ1n) is 5.78. The van der Waals surface area contributed by atoms with Crippen LogP contribution in [0.1, 0.15) is 20.3 Å². The van der Waals surface area contributed by atoms with E-state index < -0.39 is 0 Å². The molecule has 1 saturated heterocycles. The van der Waals surface area contributed by atoms with E-state index in [9.17, 15) is 4.79 Å². The van der Waals surface area contributed by atoms with E-state index in [0.29, 0.717) is 19.8 Å². The minimum absolute atomic E-state index is 0.0360. The summed E-state index contributed by atoms with van der Waals surface area (Å²) >= 11 is 0. The van der Waals surface area contributed by atoms with Gasteiger partial charge in [-0.25, -0.2) is 0 Å². The van der Waals surface area contributed by atoms with Crippen molar-refractivity contribution in [2.24, 2.45) is 5.92 Å². The predicted octanol–water partition coefficient (Wildman–Crippen LogP) is 0.141. The van der Waals surface area contributed by atoms with E-state index >= 15 is 0 Å². The Morgan fingerprint density at radius 1 is 1.50 bits per heavy atom. The minimum atomic E-state index is -0.0785. The maximum Gasteiger partial charge on any atom is 0.227 e. The van der Waals surface area contributed by atoms with Crippen LogP contribution in [0.25, 0.3) is 0 Å². The van der Waals surface area contributed by atoms with Crippen LogP contribution in [0.2, 0.25) is 0 Å². The van der Waals surface area contributed by atoms with Gasteiger partial charge in [-0.1, -0.05) is 12.8 Å². The molecule has 0 radical (unpaired) electrons. The zero-order chi connectivity index (χ0) is 11.8. The normalized spacial score (nSPS) is 23.6. The van der Waals surface area contributed by atoms with E-state index in [1.807, 2.05) is 0 Å². The summed E-state index contributed by atoms with van der Waals surface area (Å²) in [5, 5.41) is 6.13. The molecule has 2 unspecified atom stereocenters. The predicted molar refractivity (Wildman–Crippen MR) is 62.9 cm³/mol. The van der Waals surface area contributed by atoms with Crippen LogP contribution in [0, 0.1) is 17.8 Å². The monoisotopic (exact) mass is 224 g/mol. The highest BCUT2D eigenvalue weighted by Crippen LogP contribution is 2.13. The first kappa shape index (κ1) is 13.0. The second-order valence-electron chi connectivity index (χ2n) is 3.85. The van der Waals surface area contributed by atoms with E-state index in [4.69, 9.17) is 4.74 Å². The molecule has 16 heavy (non-hydrogen) atoms. The Labute approximate surface area is 97.1 Å². The fourth-order valence-electron chi connectivity index (χ4n) is 1.69. The van der Waals surface area contributed by atoms with Crippen molar-refractivity contribution in [2.75, 3.05) is 26.3 Å².